The molecule has 3 N–H and O–H groups in total. The second-order valence-corrected chi connectivity index (χ2v) is 4.74. The Bertz CT molecular complexity index is 425. The lowest BCUT2D eigenvalue weighted by Gasteiger charge is -2.19. The molecular formula is C13H20N2O3. The Labute approximate surface area is 107 Å². The van der Waals surface area contributed by atoms with Gasteiger partial charge in [0.15, 0.2) is 0 Å². The van der Waals surface area contributed by atoms with E-state index in [0.717, 1.165) is 0 Å². The number of amides is 1. The van der Waals surface area contributed by atoms with Gasteiger partial charge >= 0.3 is 0 Å². The lowest BCUT2D eigenvalue weighted by Crippen LogP contribution is -2.45. The van der Waals surface area contributed by atoms with Gasteiger partial charge in [-0.15, -0.1) is 0 Å². The van der Waals surface area contributed by atoms with Crippen molar-refractivity contribution < 1.29 is 14.3 Å². The fraction of sp³-hybridized carbons (Fsp3) is 0.462. The molecule has 0 bridgehead atoms. The van der Waals surface area contributed by atoms with Gasteiger partial charge in [-0.05, 0) is 32.0 Å². The zero-order valence-corrected chi connectivity index (χ0v) is 11.2. The van der Waals surface area contributed by atoms with Gasteiger partial charge in [-0.3, -0.25) is 4.79 Å². The first-order valence-electron chi connectivity index (χ1n) is 5.66. The summed E-state index contributed by atoms with van der Waals surface area (Å²) in [6.45, 7) is 4.07. The van der Waals surface area contributed by atoms with E-state index < -0.39 is 5.54 Å². The van der Waals surface area contributed by atoms with E-state index in [0.29, 0.717) is 23.6 Å². The number of methoxy groups -OCH3 is 2. The topological polar surface area (TPSA) is 73.6 Å². The Morgan fingerprint density at radius 3 is 2.50 bits per heavy atom. The van der Waals surface area contributed by atoms with Crippen LogP contribution in [0.5, 0.6) is 11.5 Å². The number of nitrogens with two attached hydrogens (primary N) is 1. The number of nitrogens with one attached hydrogen (secondary N) is 1. The molecular weight excluding hydrogens is 232 g/mol. The average Bonchev–Trinajstić information content (AvgIpc) is 2.34. The van der Waals surface area contributed by atoms with E-state index >= 15 is 0 Å². The number of ether oxygens (including phenoxy) is 2. The number of hydrogen-bond donors (Lipinski definition) is 2. The van der Waals surface area contributed by atoms with Crippen molar-refractivity contribution in [2.45, 2.75) is 19.4 Å². The van der Waals surface area contributed by atoms with Gasteiger partial charge < -0.3 is 20.5 Å². The lowest BCUT2D eigenvalue weighted by molar-refractivity contribution is 0.0942. The molecule has 1 aromatic rings. The molecule has 18 heavy (non-hydrogen) atoms. The van der Waals surface area contributed by atoms with Crippen molar-refractivity contribution in [1.82, 2.24) is 5.32 Å². The molecule has 0 radical (unpaired) electrons. The highest BCUT2D eigenvalue weighted by Gasteiger charge is 2.17. The fourth-order valence-electron chi connectivity index (χ4n) is 1.39. The van der Waals surface area contributed by atoms with Crippen LogP contribution < -0.4 is 20.5 Å². The second-order valence-electron chi connectivity index (χ2n) is 4.74. The minimum Gasteiger partial charge on any atom is -0.497 e. The summed E-state index contributed by atoms with van der Waals surface area (Å²) in [5.41, 5.74) is 5.79. The second kappa shape index (κ2) is 5.73. The third-order valence-electron chi connectivity index (χ3n) is 2.36. The first-order valence-corrected chi connectivity index (χ1v) is 5.66. The quantitative estimate of drug-likeness (QED) is 0.825. The smallest absolute Gasteiger partial charge is 0.255 e. The molecule has 0 atom stereocenters. The molecule has 0 aliphatic rings. The minimum absolute atomic E-state index is 0.232. The maximum Gasteiger partial charge on any atom is 0.255 e. The largest absolute Gasteiger partial charge is 0.497 e. The van der Waals surface area contributed by atoms with E-state index in [2.05, 4.69) is 5.32 Å². The van der Waals surface area contributed by atoms with Crippen LogP contribution in [-0.4, -0.2) is 32.2 Å². The van der Waals surface area contributed by atoms with Gasteiger partial charge in [-0.2, -0.15) is 0 Å². The van der Waals surface area contributed by atoms with Crippen LogP contribution in [0.2, 0.25) is 0 Å². The van der Waals surface area contributed by atoms with Crippen molar-refractivity contribution in [3.05, 3.63) is 23.8 Å². The first-order chi connectivity index (χ1) is 8.37. The molecule has 0 heterocycles. The maximum atomic E-state index is 12.0. The molecule has 0 saturated heterocycles. The minimum atomic E-state index is -0.457. The van der Waals surface area contributed by atoms with Crippen LogP contribution in [-0.2, 0) is 0 Å². The molecule has 100 valence electrons. The summed E-state index contributed by atoms with van der Waals surface area (Å²) in [6, 6.07) is 5.07. The summed E-state index contributed by atoms with van der Waals surface area (Å²) >= 11 is 0. The Morgan fingerprint density at radius 2 is 2.00 bits per heavy atom. The normalized spacial score (nSPS) is 10.9. The van der Waals surface area contributed by atoms with Crippen LogP contribution in [0.1, 0.15) is 24.2 Å². The zero-order valence-electron chi connectivity index (χ0n) is 11.2. The van der Waals surface area contributed by atoms with Crippen LogP contribution in [0.15, 0.2) is 18.2 Å². The maximum absolute atomic E-state index is 12.0. The Balaban J connectivity index is 2.89. The average molecular weight is 252 g/mol. The highest BCUT2D eigenvalue weighted by Crippen LogP contribution is 2.23. The molecule has 1 amide bonds. The van der Waals surface area contributed by atoms with Gasteiger partial charge in [0.05, 0.1) is 19.8 Å². The first kappa shape index (κ1) is 14.3. The molecule has 0 fully saturated rings. The standard InChI is InChI=1S/C13H20N2O3/c1-13(2,14)8-15-12(16)10-7-9(17-3)5-6-11(10)18-4/h5-7H,8,14H2,1-4H3,(H,15,16). The fourth-order valence-corrected chi connectivity index (χ4v) is 1.39. The number of benzene rings is 1. The van der Waals surface area contributed by atoms with Crippen molar-refractivity contribution in [2.75, 3.05) is 20.8 Å². The Hall–Kier alpha value is -1.75. The highest BCUT2D eigenvalue weighted by atomic mass is 16.5. The van der Waals surface area contributed by atoms with Crippen LogP contribution in [0.4, 0.5) is 0 Å². The SMILES string of the molecule is COc1ccc(OC)c(C(=O)NCC(C)(C)N)c1. The van der Waals surface area contributed by atoms with Crippen LogP contribution in [0.3, 0.4) is 0 Å². The Kier molecular flexibility index (Phi) is 4.55. The third kappa shape index (κ3) is 3.92. The summed E-state index contributed by atoms with van der Waals surface area (Å²) in [5.74, 6) is 0.875. The molecule has 0 aliphatic heterocycles. The molecule has 0 unspecified atom stereocenters. The summed E-state index contributed by atoms with van der Waals surface area (Å²) in [6.07, 6.45) is 0. The molecule has 1 rings (SSSR count). The molecule has 0 aliphatic carbocycles. The summed E-state index contributed by atoms with van der Waals surface area (Å²) in [4.78, 5) is 12.0. The summed E-state index contributed by atoms with van der Waals surface area (Å²) in [5, 5.41) is 2.77. The van der Waals surface area contributed by atoms with Crippen molar-refractivity contribution >= 4 is 5.91 Å². The number of carbonyl (C=O) groups excluding carboxylic acids is 1. The van der Waals surface area contributed by atoms with Gasteiger partial charge in [0, 0.05) is 12.1 Å². The number of hydrogen-bond acceptors (Lipinski definition) is 4. The van der Waals surface area contributed by atoms with Gasteiger partial charge in [-0.25, -0.2) is 0 Å². The molecule has 0 spiro atoms. The zero-order chi connectivity index (χ0) is 13.8. The van der Waals surface area contributed by atoms with Crippen molar-refractivity contribution in [1.29, 1.82) is 0 Å². The van der Waals surface area contributed by atoms with Gasteiger partial charge in [0.2, 0.25) is 0 Å². The number of rotatable bonds is 5. The van der Waals surface area contributed by atoms with E-state index in [4.69, 9.17) is 15.2 Å². The van der Waals surface area contributed by atoms with E-state index in [1.165, 1.54) is 7.11 Å². The van der Waals surface area contributed by atoms with E-state index in [-0.39, 0.29) is 5.91 Å². The van der Waals surface area contributed by atoms with Crippen LogP contribution in [0, 0.1) is 0 Å². The predicted octanol–water partition coefficient (Wildman–Crippen LogP) is 1.17. The molecule has 5 heteroatoms. The van der Waals surface area contributed by atoms with Crippen LogP contribution in [0.25, 0.3) is 0 Å². The van der Waals surface area contributed by atoms with Crippen LogP contribution >= 0.6 is 0 Å². The van der Waals surface area contributed by atoms with E-state index in [1.807, 2.05) is 13.8 Å². The summed E-state index contributed by atoms with van der Waals surface area (Å²) in [7, 11) is 3.07. The Morgan fingerprint density at radius 1 is 1.33 bits per heavy atom. The van der Waals surface area contributed by atoms with Gasteiger partial charge in [-0.1, -0.05) is 0 Å². The number of carbonyl (C=O) groups is 1. The molecule has 0 aromatic heterocycles. The molecule has 0 saturated carbocycles. The van der Waals surface area contributed by atoms with Crippen molar-refractivity contribution in [2.24, 2.45) is 5.73 Å². The predicted molar refractivity (Wildman–Crippen MR) is 70.1 cm³/mol. The lowest BCUT2D eigenvalue weighted by atomic mass is 10.1. The van der Waals surface area contributed by atoms with E-state index in [1.54, 1.807) is 25.3 Å². The third-order valence-corrected chi connectivity index (χ3v) is 2.36. The molecule has 5 nitrogen and oxygen atoms in total. The van der Waals surface area contributed by atoms with Crippen molar-refractivity contribution in [3.8, 4) is 11.5 Å². The van der Waals surface area contributed by atoms with Gasteiger partial charge in [0.1, 0.15) is 11.5 Å². The highest BCUT2D eigenvalue weighted by molar-refractivity contribution is 5.97. The molecule has 1 aromatic carbocycles. The van der Waals surface area contributed by atoms with Crippen molar-refractivity contribution in [3.63, 3.8) is 0 Å². The van der Waals surface area contributed by atoms with E-state index in [9.17, 15) is 4.79 Å². The summed E-state index contributed by atoms with van der Waals surface area (Å²) < 4.78 is 10.2. The van der Waals surface area contributed by atoms with Gasteiger partial charge in [0.25, 0.3) is 5.91 Å². The monoisotopic (exact) mass is 252 g/mol.